The van der Waals surface area contributed by atoms with Crippen molar-refractivity contribution in [2.75, 3.05) is 4.90 Å². The lowest BCUT2D eigenvalue weighted by Crippen LogP contribution is -2.54. The second-order valence-electron chi connectivity index (χ2n) is 7.55. The lowest BCUT2D eigenvalue weighted by atomic mass is 10.1. The van der Waals surface area contributed by atoms with Crippen LogP contribution in [0.4, 0.5) is 10.5 Å². The van der Waals surface area contributed by atoms with Crippen molar-refractivity contribution in [3.63, 3.8) is 0 Å². The normalized spacial score (nSPS) is 15.3. The van der Waals surface area contributed by atoms with E-state index in [-0.39, 0.29) is 26.4 Å². The molecule has 1 N–H and O–H groups in total. The van der Waals surface area contributed by atoms with Crippen LogP contribution in [0.5, 0.6) is 5.75 Å². The number of benzene rings is 3. The molecule has 0 aliphatic carbocycles. The van der Waals surface area contributed by atoms with Crippen LogP contribution in [-0.4, -0.2) is 26.3 Å². The van der Waals surface area contributed by atoms with Gasteiger partial charge in [0.2, 0.25) is 0 Å². The maximum absolute atomic E-state index is 13.3. The first kappa shape index (κ1) is 26.1. The summed E-state index contributed by atoms with van der Waals surface area (Å²) in [7, 11) is -4.25. The van der Waals surface area contributed by atoms with Gasteiger partial charge in [-0.25, -0.2) is 9.69 Å². The van der Waals surface area contributed by atoms with E-state index in [4.69, 9.17) is 15.8 Å². The molecule has 4 amide bonds. The first-order chi connectivity index (χ1) is 17.0. The molecule has 1 fully saturated rings. The molecule has 4 rings (SSSR count). The van der Waals surface area contributed by atoms with E-state index in [1.165, 1.54) is 30.3 Å². The SMILES string of the molecule is Cc1ccc(N2C(=O)NC(=O)/C(=C\c3cc(Br)cc(Br)c3OS(=O)(=O)c3ccccc3)C2=O)cc1Cl. The number of halogens is 3. The van der Waals surface area contributed by atoms with Gasteiger partial charge >= 0.3 is 16.1 Å². The Kier molecular flexibility index (Phi) is 7.37. The molecular formula is C24H15Br2ClN2O6S. The topological polar surface area (TPSA) is 110 Å². The molecule has 0 bridgehead atoms. The number of hydrogen-bond acceptors (Lipinski definition) is 6. The largest absolute Gasteiger partial charge is 0.377 e. The van der Waals surface area contributed by atoms with Crippen molar-refractivity contribution in [2.24, 2.45) is 0 Å². The van der Waals surface area contributed by atoms with Crippen LogP contribution < -0.4 is 14.4 Å². The number of imide groups is 2. The highest BCUT2D eigenvalue weighted by molar-refractivity contribution is 9.11. The summed E-state index contributed by atoms with van der Waals surface area (Å²) < 4.78 is 31.9. The van der Waals surface area contributed by atoms with Gasteiger partial charge in [-0.3, -0.25) is 14.9 Å². The van der Waals surface area contributed by atoms with E-state index in [0.717, 1.165) is 16.5 Å². The molecule has 0 atom stereocenters. The summed E-state index contributed by atoms with van der Waals surface area (Å²) in [5.74, 6) is -2.03. The van der Waals surface area contributed by atoms with Gasteiger partial charge in [0.15, 0.2) is 5.75 Å². The number of hydrogen-bond donors (Lipinski definition) is 1. The van der Waals surface area contributed by atoms with Gasteiger partial charge in [-0.15, -0.1) is 0 Å². The Bertz CT molecular complexity index is 1560. The number of nitrogens with zero attached hydrogens (tertiary/aromatic N) is 1. The van der Waals surface area contributed by atoms with Crippen LogP contribution in [0.1, 0.15) is 11.1 Å². The molecule has 0 aromatic heterocycles. The van der Waals surface area contributed by atoms with E-state index >= 15 is 0 Å². The van der Waals surface area contributed by atoms with Gasteiger partial charge in [0, 0.05) is 15.1 Å². The molecule has 1 aliphatic rings. The number of amides is 4. The zero-order valence-corrected chi connectivity index (χ0v) is 23.0. The van der Waals surface area contributed by atoms with Crippen LogP contribution in [0.25, 0.3) is 6.08 Å². The van der Waals surface area contributed by atoms with Crippen LogP contribution in [0.2, 0.25) is 5.02 Å². The third kappa shape index (κ3) is 5.24. The third-order valence-corrected chi connectivity index (χ3v) is 7.77. The van der Waals surface area contributed by atoms with Crippen LogP contribution in [-0.2, 0) is 19.7 Å². The fourth-order valence-corrected chi connectivity index (χ4v) is 5.90. The summed E-state index contributed by atoms with van der Waals surface area (Å²) in [6.07, 6.45) is 1.15. The fraction of sp³-hybridized carbons (Fsp3) is 0.0417. The van der Waals surface area contributed by atoms with Crippen molar-refractivity contribution in [2.45, 2.75) is 11.8 Å². The first-order valence-corrected chi connectivity index (χ1v) is 13.5. The Morgan fingerprint density at radius 2 is 1.69 bits per heavy atom. The van der Waals surface area contributed by atoms with Crippen LogP contribution in [0.15, 0.2) is 80.1 Å². The second-order valence-corrected chi connectivity index (χ2v) is 11.3. The van der Waals surface area contributed by atoms with Gasteiger partial charge in [-0.1, -0.05) is 51.8 Å². The minimum Gasteiger partial charge on any atom is -0.377 e. The summed E-state index contributed by atoms with van der Waals surface area (Å²) >= 11 is 12.7. The molecule has 1 heterocycles. The van der Waals surface area contributed by atoms with Gasteiger partial charge in [-0.05, 0) is 70.9 Å². The zero-order valence-electron chi connectivity index (χ0n) is 18.3. The third-order valence-electron chi connectivity index (χ3n) is 5.08. The van der Waals surface area contributed by atoms with Crippen molar-refractivity contribution >= 4 is 83.2 Å². The van der Waals surface area contributed by atoms with Crippen LogP contribution >= 0.6 is 43.5 Å². The first-order valence-electron chi connectivity index (χ1n) is 10.1. The van der Waals surface area contributed by atoms with Crippen molar-refractivity contribution in [3.8, 4) is 5.75 Å². The molecule has 3 aromatic rings. The molecule has 0 unspecified atom stereocenters. The number of nitrogens with one attached hydrogen (secondary N) is 1. The van der Waals surface area contributed by atoms with E-state index in [1.807, 2.05) is 0 Å². The Balaban J connectivity index is 1.80. The number of urea groups is 1. The van der Waals surface area contributed by atoms with Gasteiger partial charge in [0.25, 0.3) is 11.8 Å². The van der Waals surface area contributed by atoms with Gasteiger partial charge in [-0.2, -0.15) is 8.42 Å². The number of carbonyl (C=O) groups is 3. The Morgan fingerprint density at radius 1 is 1.00 bits per heavy atom. The molecule has 1 saturated heterocycles. The Hall–Kier alpha value is -2.99. The summed E-state index contributed by atoms with van der Waals surface area (Å²) in [6.45, 7) is 1.76. The monoisotopic (exact) mass is 652 g/mol. The van der Waals surface area contributed by atoms with E-state index in [9.17, 15) is 22.8 Å². The highest BCUT2D eigenvalue weighted by Gasteiger charge is 2.37. The summed E-state index contributed by atoms with van der Waals surface area (Å²) in [4.78, 5) is 39.1. The van der Waals surface area contributed by atoms with Crippen LogP contribution in [0, 0.1) is 6.92 Å². The summed E-state index contributed by atoms with van der Waals surface area (Å²) in [6, 6.07) is 14.1. The van der Waals surface area contributed by atoms with Gasteiger partial charge < -0.3 is 4.18 Å². The zero-order chi connectivity index (χ0) is 26.2. The van der Waals surface area contributed by atoms with Crippen molar-refractivity contribution in [3.05, 3.63) is 91.3 Å². The Labute approximate surface area is 228 Å². The average molecular weight is 655 g/mol. The average Bonchev–Trinajstić information content (AvgIpc) is 2.81. The summed E-state index contributed by atoms with van der Waals surface area (Å²) in [5, 5.41) is 2.45. The maximum Gasteiger partial charge on any atom is 0.339 e. The molecule has 0 radical (unpaired) electrons. The quantitative estimate of drug-likeness (QED) is 0.218. The standard InChI is InChI=1S/C24H15Br2ClN2O6S/c1-13-7-8-16(12-20(13)27)29-23(31)18(22(30)28-24(29)32)10-14-9-15(25)11-19(26)21(14)35-36(33,34)17-5-3-2-4-6-17/h2-12H,1H3,(H,28,30,32)/b18-10+. The van der Waals surface area contributed by atoms with E-state index in [0.29, 0.717) is 9.50 Å². The highest BCUT2D eigenvalue weighted by Crippen LogP contribution is 2.37. The molecule has 0 saturated carbocycles. The predicted octanol–water partition coefficient (Wildman–Crippen LogP) is 5.61. The number of anilines is 1. The molecule has 184 valence electrons. The van der Waals surface area contributed by atoms with Gasteiger partial charge in [0.1, 0.15) is 10.5 Å². The lowest BCUT2D eigenvalue weighted by Gasteiger charge is -2.26. The maximum atomic E-state index is 13.3. The smallest absolute Gasteiger partial charge is 0.339 e. The van der Waals surface area contributed by atoms with E-state index < -0.39 is 33.5 Å². The minimum atomic E-state index is -4.25. The molecule has 1 aliphatic heterocycles. The Morgan fingerprint density at radius 3 is 2.36 bits per heavy atom. The van der Waals surface area contributed by atoms with E-state index in [1.54, 1.807) is 37.3 Å². The molecule has 36 heavy (non-hydrogen) atoms. The molecule has 0 spiro atoms. The summed E-state index contributed by atoms with van der Waals surface area (Å²) in [5.41, 5.74) is 0.561. The fourth-order valence-electron chi connectivity index (χ4n) is 3.29. The molecule has 3 aromatic carbocycles. The predicted molar refractivity (Wildman–Crippen MR) is 141 cm³/mol. The van der Waals surface area contributed by atoms with Crippen molar-refractivity contribution in [1.29, 1.82) is 0 Å². The molecular weight excluding hydrogens is 640 g/mol. The number of aryl methyl sites for hydroxylation is 1. The van der Waals surface area contributed by atoms with Crippen molar-refractivity contribution in [1.82, 2.24) is 5.32 Å². The number of rotatable bonds is 5. The second kappa shape index (κ2) is 10.2. The highest BCUT2D eigenvalue weighted by atomic mass is 79.9. The number of carbonyl (C=O) groups excluding carboxylic acids is 3. The van der Waals surface area contributed by atoms with Gasteiger partial charge in [0.05, 0.1) is 10.2 Å². The van der Waals surface area contributed by atoms with Crippen molar-refractivity contribution < 1.29 is 27.0 Å². The van der Waals surface area contributed by atoms with Crippen LogP contribution in [0.3, 0.4) is 0 Å². The number of barbiturate groups is 1. The minimum absolute atomic E-state index is 0.0853. The van der Waals surface area contributed by atoms with E-state index in [2.05, 4.69) is 37.2 Å². The molecule has 8 nitrogen and oxygen atoms in total. The lowest BCUT2D eigenvalue weighted by molar-refractivity contribution is -0.122. The molecule has 12 heteroatoms.